The number of benzene rings is 1. The number of likely N-dealkylation sites (N-methyl/N-ethyl adjacent to an activating group) is 1. The van der Waals surface area contributed by atoms with Crippen molar-refractivity contribution in [1.82, 2.24) is 4.98 Å². The number of hydrogen-bond acceptors (Lipinski definition) is 3. The van der Waals surface area contributed by atoms with Crippen LogP contribution in [0.1, 0.15) is 10.4 Å². The number of amides is 1. The van der Waals surface area contributed by atoms with Gasteiger partial charge in [0.1, 0.15) is 0 Å². The zero-order valence-corrected chi connectivity index (χ0v) is 11.4. The second-order valence-corrected chi connectivity index (χ2v) is 4.83. The van der Waals surface area contributed by atoms with Gasteiger partial charge in [-0.05, 0) is 18.2 Å². The lowest BCUT2D eigenvalue weighted by molar-refractivity contribution is 0.0981. The quantitative estimate of drug-likeness (QED) is 0.757. The number of halogens is 2. The fourth-order valence-corrected chi connectivity index (χ4v) is 2.45. The van der Waals surface area contributed by atoms with Gasteiger partial charge in [-0.1, -0.05) is 12.1 Å². The molecular weight excluding hydrogens is 276 g/mol. The molecule has 0 spiro atoms. The smallest absolute Gasteiger partial charge is 0.261 e. The molecule has 1 aromatic heterocycles. The number of hydrogen-bond donors (Lipinski definition) is 0. The molecule has 1 aliphatic rings. The van der Waals surface area contributed by atoms with Crippen molar-refractivity contribution >= 4 is 17.3 Å². The van der Waals surface area contributed by atoms with Gasteiger partial charge < -0.3 is 9.80 Å². The molecule has 2 heterocycles. The Kier molecular flexibility index (Phi) is 3.29. The number of anilines is 2. The topological polar surface area (TPSA) is 36.4 Å². The molecule has 108 valence electrons. The minimum atomic E-state index is -1.26. The van der Waals surface area contributed by atoms with E-state index in [9.17, 15) is 13.6 Å². The van der Waals surface area contributed by atoms with E-state index in [4.69, 9.17) is 0 Å². The Morgan fingerprint density at radius 1 is 1.14 bits per heavy atom. The summed E-state index contributed by atoms with van der Waals surface area (Å²) in [5.74, 6) is -3.03. The highest BCUT2D eigenvalue weighted by molar-refractivity contribution is 6.08. The van der Waals surface area contributed by atoms with Crippen LogP contribution in [0.15, 0.2) is 36.5 Å². The second-order valence-electron chi connectivity index (χ2n) is 4.83. The Labute approximate surface area is 120 Å². The van der Waals surface area contributed by atoms with Gasteiger partial charge in [-0.3, -0.25) is 4.79 Å². The highest BCUT2D eigenvalue weighted by Gasteiger charge is 2.28. The van der Waals surface area contributed by atoms with Crippen molar-refractivity contribution in [1.29, 1.82) is 0 Å². The lowest BCUT2D eigenvalue weighted by Crippen LogP contribution is -2.43. The number of pyridine rings is 1. The fraction of sp³-hybridized carbons (Fsp3) is 0.200. The standard InChI is InChI=1S/C15H13F2N3O/c1-19-8-9-20(12-5-3-2-4-11(12)19)15(21)10-6-7-18-14(17)13(10)16/h2-7H,8-9H2,1H3. The van der Waals surface area contributed by atoms with Crippen molar-refractivity contribution < 1.29 is 13.6 Å². The Morgan fingerprint density at radius 2 is 1.86 bits per heavy atom. The first kappa shape index (κ1) is 13.5. The Balaban J connectivity index is 2.03. The monoisotopic (exact) mass is 289 g/mol. The van der Waals surface area contributed by atoms with E-state index in [0.717, 1.165) is 11.9 Å². The fourth-order valence-electron chi connectivity index (χ4n) is 2.45. The molecule has 1 aliphatic heterocycles. The van der Waals surface area contributed by atoms with E-state index in [-0.39, 0.29) is 5.56 Å². The molecular formula is C15H13F2N3O. The van der Waals surface area contributed by atoms with E-state index in [0.29, 0.717) is 18.8 Å². The lowest BCUT2D eigenvalue weighted by Gasteiger charge is -2.35. The summed E-state index contributed by atoms with van der Waals surface area (Å²) in [6.45, 7) is 1.04. The average Bonchev–Trinajstić information content (AvgIpc) is 2.50. The molecule has 1 amide bonds. The SMILES string of the molecule is CN1CCN(C(=O)c2ccnc(F)c2F)c2ccccc21. The van der Waals surface area contributed by atoms with Gasteiger partial charge in [-0.2, -0.15) is 4.39 Å². The van der Waals surface area contributed by atoms with Crippen molar-refractivity contribution in [2.45, 2.75) is 0 Å². The van der Waals surface area contributed by atoms with Crippen LogP contribution in [0.25, 0.3) is 0 Å². The van der Waals surface area contributed by atoms with Crippen LogP contribution < -0.4 is 9.80 Å². The van der Waals surface area contributed by atoms with Crippen molar-refractivity contribution in [2.75, 3.05) is 29.9 Å². The zero-order chi connectivity index (χ0) is 15.0. The van der Waals surface area contributed by atoms with Gasteiger partial charge in [0, 0.05) is 26.3 Å². The molecule has 0 saturated carbocycles. The van der Waals surface area contributed by atoms with Crippen LogP contribution in [-0.4, -0.2) is 31.0 Å². The van der Waals surface area contributed by atoms with E-state index in [1.165, 1.54) is 11.0 Å². The number of rotatable bonds is 1. The van der Waals surface area contributed by atoms with E-state index in [1.54, 1.807) is 6.07 Å². The van der Waals surface area contributed by atoms with Crippen LogP contribution in [0.5, 0.6) is 0 Å². The maximum atomic E-state index is 13.8. The highest BCUT2D eigenvalue weighted by Crippen LogP contribution is 2.32. The predicted octanol–water partition coefficient (Wildman–Crippen LogP) is 2.46. The van der Waals surface area contributed by atoms with E-state index in [1.807, 2.05) is 30.1 Å². The molecule has 0 fully saturated rings. The van der Waals surface area contributed by atoms with Gasteiger partial charge in [0.25, 0.3) is 5.91 Å². The molecule has 0 radical (unpaired) electrons. The summed E-state index contributed by atoms with van der Waals surface area (Å²) in [5, 5.41) is 0. The molecule has 0 N–H and O–H groups in total. The summed E-state index contributed by atoms with van der Waals surface area (Å²) in [6.07, 6.45) is 1.09. The molecule has 6 heteroatoms. The Hall–Kier alpha value is -2.50. The maximum absolute atomic E-state index is 13.8. The maximum Gasteiger partial charge on any atom is 0.261 e. The molecule has 1 aromatic carbocycles. The molecule has 4 nitrogen and oxygen atoms in total. The van der Waals surface area contributed by atoms with Crippen molar-refractivity contribution in [3.63, 3.8) is 0 Å². The van der Waals surface area contributed by atoms with Gasteiger partial charge in [-0.15, -0.1) is 0 Å². The number of para-hydroxylation sites is 2. The van der Waals surface area contributed by atoms with Crippen LogP contribution in [-0.2, 0) is 0 Å². The molecule has 0 unspecified atom stereocenters. The first-order valence-electron chi connectivity index (χ1n) is 6.51. The van der Waals surface area contributed by atoms with Crippen molar-refractivity contribution in [3.05, 3.63) is 53.9 Å². The Morgan fingerprint density at radius 3 is 2.62 bits per heavy atom. The minimum absolute atomic E-state index is 0.304. The molecule has 0 saturated heterocycles. The minimum Gasteiger partial charge on any atom is -0.371 e. The van der Waals surface area contributed by atoms with Crippen LogP contribution in [0.3, 0.4) is 0 Å². The van der Waals surface area contributed by atoms with E-state index < -0.39 is 17.7 Å². The van der Waals surface area contributed by atoms with Crippen LogP contribution >= 0.6 is 0 Å². The van der Waals surface area contributed by atoms with Gasteiger partial charge in [0.15, 0.2) is 5.82 Å². The summed E-state index contributed by atoms with van der Waals surface area (Å²) >= 11 is 0. The Bertz CT molecular complexity index is 705. The van der Waals surface area contributed by atoms with Crippen molar-refractivity contribution in [3.8, 4) is 0 Å². The third-order valence-corrected chi connectivity index (χ3v) is 3.57. The molecule has 3 rings (SSSR count). The first-order valence-corrected chi connectivity index (χ1v) is 6.51. The van der Waals surface area contributed by atoms with Gasteiger partial charge in [0.05, 0.1) is 16.9 Å². The van der Waals surface area contributed by atoms with Gasteiger partial charge >= 0.3 is 0 Å². The summed E-state index contributed by atoms with van der Waals surface area (Å²) in [7, 11) is 1.92. The van der Waals surface area contributed by atoms with Gasteiger partial charge in [-0.25, -0.2) is 9.37 Å². The summed E-state index contributed by atoms with van der Waals surface area (Å²) in [6, 6.07) is 8.55. The van der Waals surface area contributed by atoms with Crippen molar-refractivity contribution in [2.24, 2.45) is 0 Å². The molecule has 0 aliphatic carbocycles. The van der Waals surface area contributed by atoms with Crippen LogP contribution in [0.2, 0.25) is 0 Å². The molecule has 2 aromatic rings. The van der Waals surface area contributed by atoms with E-state index in [2.05, 4.69) is 4.98 Å². The number of fused-ring (bicyclic) bond motifs is 1. The first-order chi connectivity index (χ1) is 10.1. The largest absolute Gasteiger partial charge is 0.371 e. The second kappa shape index (κ2) is 5.12. The summed E-state index contributed by atoms with van der Waals surface area (Å²) < 4.78 is 27.0. The summed E-state index contributed by atoms with van der Waals surface area (Å²) in [4.78, 5) is 19.2. The van der Waals surface area contributed by atoms with E-state index >= 15 is 0 Å². The van der Waals surface area contributed by atoms with Gasteiger partial charge in [0.2, 0.25) is 5.95 Å². The van der Waals surface area contributed by atoms with Crippen LogP contribution in [0.4, 0.5) is 20.2 Å². The number of carbonyl (C=O) groups is 1. The highest BCUT2D eigenvalue weighted by atomic mass is 19.2. The predicted molar refractivity (Wildman–Crippen MR) is 75.5 cm³/mol. The number of nitrogens with zero attached hydrogens (tertiary/aromatic N) is 3. The lowest BCUT2D eigenvalue weighted by atomic mass is 10.1. The number of carbonyl (C=O) groups excluding carboxylic acids is 1. The average molecular weight is 289 g/mol. The number of aromatic nitrogens is 1. The van der Waals surface area contributed by atoms with Crippen LogP contribution in [0, 0.1) is 11.8 Å². The molecule has 21 heavy (non-hydrogen) atoms. The zero-order valence-electron chi connectivity index (χ0n) is 11.4. The third kappa shape index (κ3) is 2.22. The molecule has 0 atom stereocenters. The summed E-state index contributed by atoms with van der Waals surface area (Å²) in [5.41, 5.74) is 1.27. The third-order valence-electron chi connectivity index (χ3n) is 3.57. The molecule has 0 bridgehead atoms. The normalized spacial score (nSPS) is 14.0.